The molecule has 3 rings (SSSR count). The molecule has 0 spiro atoms. The standard InChI is InChI=1S/C15H18N4OS/c1-4-20-13-7-5-6-12-14(13)17-15(21)19(12)9-11-8-16-18(3)10(11)2/h5-8H,4,9H2,1-3H3,(H,17,21). The van der Waals surface area contributed by atoms with Gasteiger partial charge in [-0.1, -0.05) is 6.07 Å². The Morgan fingerprint density at radius 1 is 1.38 bits per heavy atom. The van der Waals surface area contributed by atoms with Gasteiger partial charge in [-0.2, -0.15) is 5.10 Å². The molecule has 1 N–H and O–H groups in total. The predicted octanol–water partition coefficient (Wildman–Crippen LogP) is 3.19. The summed E-state index contributed by atoms with van der Waals surface area (Å²) in [7, 11) is 1.94. The van der Waals surface area contributed by atoms with Crippen molar-refractivity contribution < 1.29 is 4.74 Å². The highest BCUT2D eigenvalue weighted by molar-refractivity contribution is 7.71. The molecule has 0 unspecified atom stereocenters. The molecule has 0 saturated heterocycles. The van der Waals surface area contributed by atoms with Crippen molar-refractivity contribution in [3.8, 4) is 5.75 Å². The van der Waals surface area contributed by atoms with Gasteiger partial charge >= 0.3 is 0 Å². The Kier molecular flexibility index (Phi) is 3.55. The van der Waals surface area contributed by atoms with E-state index >= 15 is 0 Å². The molecular weight excluding hydrogens is 284 g/mol. The number of hydrogen-bond donors (Lipinski definition) is 1. The fourth-order valence-electron chi connectivity index (χ4n) is 2.46. The number of aryl methyl sites for hydroxylation is 1. The smallest absolute Gasteiger partial charge is 0.178 e. The molecule has 1 aromatic carbocycles. The molecule has 0 fully saturated rings. The van der Waals surface area contributed by atoms with E-state index in [0.29, 0.717) is 17.9 Å². The lowest BCUT2D eigenvalue weighted by molar-refractivity contribution is 0.343. The Bertz CT molecular complexity index is 843. The Labute approximate surface area is 128 Å². The molecule has 0 aliphatic carbocycles. The van der Waals surface area contributed by atoms with Crippen molar-refractivity contribution in [2.24, 2.45) is 7.05 Å². The van der Waals surface area contributed by atoms with Gasteiger partial charge in [-0.3, -0.25) is 4.68 Å². The van der Waals surface area contributed by atoms with Crippen molar-refractivity contribution in [3.05, 3.63) is 40.4 Å². The molecule has 110 valence electrons. The average Bonchev–Trinajstić information content (AvgIpc) is 2.95. The molecule has 21 heavy (non-hydrogen) atoms. The molecule has 2 aromatic heterocycles. The van der Waals surface area contributed by atoms with Gasteiger partial charge in [0.25, 0.3) is 0 Å². The lowest BCUT2D eigenvalue weighted by Crippen LogP contribution is -2.01. The maximum absolute atomic E-state index is 5.66. The highest BCUT2D eigenvalue weighted by Gasteiger charge is 2.11. The number of H-pyrrole nitrogens is 1. The molecule has 0 bridgehead atoms. The van der Waals surface area contributed by atoms with Gasteiger partial charge in [0.2, 0.25) is 0 Å². The van der Waals surface area contributed by atoms with Crippen molar-refractivity contribution in [3.63, 3.8) is 0 Å². The van der Waals surface area contributed by atoms with Gasteiger partial charge in [-0.05, 0) is 38.2 Å². The van der Waals surface area contributed by atoms with Gasteiger partial charge in [0.15, 0.2) is 4.77 Å². The van der Waals surface area contributed by atoms with E-state index in [0.717, 1.165) is 28.0 Å². The van der Waals surface area contributed by atoms with E-state index in [-0.39, 0.29) is 0 Å². The zero-order chi connectivity index (χ0) is 15.0. The topological polar surface area (TPSA) is 47.8 Å². The van der Waals surface area contributed by atoms with Gasteiger partial charge in [-0.15, -0.1) is 0 Å². The van der Waals surface area contributed by atoms with Gasteiger partial charge in [-0.25, -0.2) is 0 Å². The van der Waals surface area contributed by atoms with Crippen molar-refractivity contribution in [1.82, 2.24) is 19.3 Å². The highest BCUT2D eigenvalue weighted by Crippen LogP contribution is 2.25. The summed E-state index contributed by atoms with van der Waals surface area (Å²) in [5.74, 6) is 0.836. The zero-order valence-electron chi connectivity index (χ0n) is 12.4. The van der Waals surface area contributed by atoms with E-state index in [9.17, 15) is 0 Å². The van der Waals surface area contributed by atoms with E-state index in [1.807, 2.05) is 37.0 Å². The summed E-state index contributed by atoms with van der Waals surface area (Å²) >= 11 is 5.47. The third-order valence-electron chi connectivity index (χ3n) is 3.74. The van der Waals surface area contributed by atoms with Crippen LogP contribution in [0, 0.1) is 11.7 Å². The minimum atomic E-state index is 0.632. The molecule has 0 aliphatic rings. The number of benzene rings is 1. The largest absolute Gasteiger partial charge is 0.492 e. The minimum Gasteiger partial charge on any atom is -0.492 e. The lowest BCUT2D eigenvalue weighted by Gasteiger charge is -2.06. The Balaban J connectivity index is 2.11. The summed E-state index contributed by atoms with van der Waals surface area (Å²) in [6.45, 7) is 5.37. The maximum Gasteiger partial charge on any atom is 0.178 e. The molecule has 0 saturated carbocycles. The van der Waals surface area contributed by atoms with Crippen LogP contribution in [-0.2, 0) is 13.6 Å². The van der Waals surface area contributed by atoms with Gasteiger partial charge in [0.1, 0.15) is 11.3 Å². The zero-order valence-corrected chi connectivity index (χ0v) is 13.2. The van der Waals surface area contributed by atoms with Crippen LogP contribution in [0.1, 0.15) is 18.2 Å². The van der Waals surface area contributed by atoms with E-state index in [1.165, 1.54) is 0 Å². The van der Waals surface area contributed by atoms with E-state index in [2.05, 4.69) is 27.6 Å². The maximum atomic E-state index is 5.66. The van der Waals surface area contributed by atoms with E-state index < -0.39 is 0 Å². The normalized spacial score (nSPS) is 11.2. The highest BCUT2D eigenvalue weighted by atomic mass is 32.1. The third-order valence-corrected chi connectivity index (χ3v) is 4.06. The van der Waals surface area contributed by atoms with Crippen LogP contribution in [0.3, 0.4) is 0 Å². The molecule has 6 heteroatoms. The first kappa shape index (κ1) is 13.9. The number of imidazole rings is 1. The van der Waals surface area contributed by atoms with Crippen molar-refractivity contribution >= 4 is 23.3 Å². The summed E-state index contributed by atoms with van der Waals surface area (Å²) < 4.78 is 10.3. The van der Waals surface area contributed by atoms with Crippen LogP contribution in [-0.4, -0.2) is 25.9 Å². The number of aromatic amines is 1. The van der Waals surface area contributed by atoms with Gasteiger partial charge in [0, 0.05) is 18.3 Å². The molecule has 0 atom stereocenters. The van der Waals surface area contributed by atoms with Crippen LogP contribution in [0.2, 0.25) is 0 Å². The summed E-state index contributed by atoms with van der Waals surface area (Å²) in [4.78, 5) is 3.25. The molecule has 0 radical (unpaired) electrons. The Hall–Kier alpha value is -2.08. The van der Waals surface area contributed by atoms with Crippen LogP contribution in [0.15, 0.2) is 24.4 Å². The quantitative estimate of drug-likeness (QED) is 0.753. The van der Waals surface area contributed by atoms with Crippen molar-refractivity contribution in [2.75, 3.05) is 6.61 Å². The number of para-hydroxylation sites is 1. The lowest BCUT2D eigenvalue weighted by atomic mass is 10.2. The second-order valence-corrected chi connectivity index (χ2v) is 5.37. The summed E-state index contributed by atoms with van der Waals surface area (Å²) in [5, 5.41) is 4.29. The van der Waals surface area contributed by atoms with Crippen LogP contribution in [0.4, 0.5) is 0 Å². The second kappa shape index (κ2) is 5.37. The molecule has 5 nitrogen and oxygen atoms in total. The fraction of sp³-hybridized carbons (Fsp3) is 0.333. The number of rotatable bonds is 4. The third kappa shape index (κ3) is 2.35. The molecule has 0 amide bonds. The molecule has 3 aromatic rings. The predicted molar refractivity (Wildman–Crippen MR) is 85.3 cm³/mol. The van der Waals surface area contributed by atoms with Crippen LogP contribution in [0.5, 0.6) is 5.75 Å². The van der Waals surface area contributed by atoms with Crippen molar-refractivity contribution in [1.29, 1.82) is 0 Å². The SMILES string of the molecule is CCOc1cccc2c1[nH]c(=S)n2Cc1cnn(C)c1C. The van der Waals surface area contributed by atoms with Crippen LogP contribution < -0.4 is 4.74 Å². The first-order chi connectivity index (χ1) is 10.1. The number of hydrogen-bond acceptors (Lipinski definition) is 3. The molecule has 2 heterocycles. The minimum absolute atomic E-state index is 0.632. The van der Waals surface area contributed by atoms with Crippen molar-refractivity contribution in [2.45, 2.75) is 20.4 Å². The Morgan fingerprint density at radius 3 is 2.86 bits per heavy atom. The average molecular weight is 302 g/mol. The van der Waals surface area contributed by atoms with E-state index in [1.54, 1.807) is 0 Å². The molecule has 0 aliphatic heterocycles. The number of ether oxygens (including phenoxy) is 1. The summed E-state index contributed by atoms with van der Waals surface area (Å²) in [6.07, 6.45) is 1.89. The van der Waals surface area contributed by atoms with Crippen LogP contribution in [0.25, 0.3) is 11.0 Å². The molecular formula is C15H18N4OS. The Morgan fingerprint density at radius 2 is 2.19 bits per heavy atom. The summed E-state index contributed by atoms with van der Waals surface area (Å²) in [6, 6.07) is 6.00. The number of nitrogens with zero attached hydrogens (tertiary/aromatic N) is 3. The second-order valence-electron chi connectivity index (χ2n) is 4.98. The first-order valence-electron chi connectivity index (χ1n) is 6.93. The van der Waals surface area contributed by atoms with Crippen LogP contribution >= 0.6 is 12.2 Å². The van der Waals surface area contributed by atoms with E-state index in [4.69, 9.17) is 17.0 Å². The van der Waals surface area contributed by atoms with Gasteiger partial charge < -0.3 is 14.3 Å². The number of fused-ring (bicyclic) bond motifs is 1. The monoisotopic (exact) mass is 302 g/mol. The number of aromatic nitrogens is 4. The number of nitrogens with one attached hydrogen (secondary N) is 1. The van der Waals surface area contributed by atoms with Gasteiger partial charge in [0.05, 0.1) is 24.9 Å². The summed E-state index contributed by atoms with van der Waals surface area (Å²) in [5.41, 5.74) is 4.31. The fourth-order valence-corrected chi connectivity index (χ4v) is 2.72. The first-order valence-corrected chi connectivity index (χ1v) is 7.34.